The first kappa shape index (κ1) is 13.9. The van der Waals surface area contributed by atoms with Crippen molar-refractivity contribution in [2.75, 3.05) is 26.6 Å². The predicted octanol–water partition coefficient (Wildman–Crippen LogP) is 1.51. The molecule has 0 aliphatic rings. The normalized spacial score (nSPS) is 9.95. The maximum absolute atomic E-state index is 5.17. The summed E-state index contributed by atoms with van der Waals surface area (Å²) >= 11 is 0. The molecule has 7 heteroatoms. The van der Waals surface area contributed by atoms with E-state index < -0.39 is 0 Å². The van der Waals surface area contributed by atoms with Crippen LogP contribution in [0, 0.1) is 0 Å². The molecule has 7 nitrogen and oxygen atoms in total. The summed E-state index contributed by atoms with van der Waals surface area (Å²) in [4.78, 5) is 12.1. The van der Waals surface area contributed by atoms with Crippen LogP contribution in [0.5, 0.6) is 17.8 Å². The summed E-state index contributed by atoms with van der Waals surface area (Å²) in [5.74, 6) is 1.19. The number of nitrogens with zero attached hydrogens (tertiary/aromatic N) is 3. The number of anilines is 1. The maximum atomic E-state index is 5.17. The molecule has 1 aromatic carbocycles. The van der Waals surface area contributed by atoms with Gasteiger partial charge < -0.3 is 19.5 Å². The summed E-state index contributed by atoms with van der Waals surface area (Å²) in [5.41, 5.74) is 1.04. The van der Waals surface area contributed by atoms with Crippen LogP contribution in [0.4, 0.5) is 5.95 Å². The average Bonchev–Trinajstić information content (AvgIpc) is 2.52. The number of rotatable bonds is 6. The van der Waals surface area contributed by atoms with Gasteiger partial charge in [-0.25, -0.2) is 0 Å². The van der Waals surface area contributed by atoms with E-state index in [0.717, 1.165) is 11.3 Å². The Kier molecular flexibility index (Phi) is 4.54. The van der Waals surface area contributed by atoms with Crippen LogP contribution in [-0.4, -0.2) is 36.3 Å². The molecule has 0 atom stereocenters. The standard InChI is InChI=1S/C13H16N4O3/c1-18-10-6-4-5-9(7-10)8-14-11-15-12(19-2)17-13(16-11)20-3/h4-7H,8H2,1-3H3,(H,14,15,16,17). The lowest BCUT2D eigenvalue weighted by molar-refractivity contribution is 0.341. The van der Waals surface area contributed by atoms with Gasteiger partial charge in [0.2, 0.25) is 5.95 Å². The van der Waals surface area contributed by atoms with Crippen molar-refractivity contribution in [2.24, 2.45) is 0 Å². The summed E-state index contributed by atoms with van der Waals surface area (Å²) in [5, 5.41) is 3.08. The van der Waals surface area contributed by atoms with Crippen LogP contribution >= 0.6 is 0 Å². The molecule has 0 bridgehead atoms. The molecule has 1 N–H and O–H groups in total. The van der Waals surface area contributed by atoms with Gasteiger partial charge in [0.15, 0.2) is 0 Å². The zero-order chi connectivity index (χ0) is 14.4. The number of methoxy groups -OCH3 is 3. The molecule has 20 heavy (non-hydrogen) atoms. The highest BCUT2D eigenvalue weighted by atomic mass is 16.5. The lowest BCUT2D eigenvalue weighted by atomic mass is 10.2. The smallest absolute Gasteiger partial charge is 0.324 e. The van der Waals surface area contributed by atoms with Gasteiger partial charge in [-0.1, -0.05) is 12.1 Å². The van der Waals surface area contributed by atoms with Gasteiger partial charge in [-0.15, -0.1) is 4.98 Å². The number of ether oxygens (including phenoxy) is 3. The van der Waals surface area contributed by atoms with Crippen LogP contribution in [0.25, 0.3) is 0 Å². The van der Waals surface area contributed by atoms with Crippen molar-refractivity contribution in [2.45, 2.75) is 6.54 Å². The molecule has 0 spiro atoms. The van der Waals surface area contributed by atoms with Crippen molar-refractivity contribution in [3.8, 4) is 17.8 Å². The predicted molar refractivity (Wildman–Crippen MR) is 73.3 cm³/mol. The lowest BCUT2D eigenvalue weighted by Gasteiger charge is -2.08. The molecule has 0 aliphatic carbocycles. The van der Waals surface area contributed by atoms with E-state index in [1.54, 1.807) is 7.11 Å². The molecule has 0 unspecified atom stereocenters. The van der Waals surface area contributed by atoms with E-state index in [9.17, 15) is 0 Å². The van der Waals surface area contributed by atoms with Crippen LogP contribution < -0.4 is 19.5 Å². The van der Waals surface area contributed by atoms with Crippen LogP contribution in [0.15, 0.2) is 24.3 Å². The Morgan fingerprint density at radius 1 is 0.950 bits per heavy atom. The summed E-state index contributed by atoms with van der Waals surface area (Å²) in [6.45, 7) is 0.549. The fraction of sp³-hybridized carbons (Fsp3) is 0.308. The van der Waals surface area contributed by atoms with E-state index >= 15 is 0 Å². The van der Waals surface area contributed by atoms with E-state index in [1.807, 2.05) is 24.3 Å². The number of nitrogens with one attached hydrogen (secondary N) is 1. The highest BCUT2D eigenvalue weighted by Crippen LogP contribution is 2.15. The zero-order valence-corrected chi connectivity index (χ0v) is 11.6. The van der Waals surface area contributed by atoms with Crippen LogP contribution in [-0.2, 0) is 6.54 Å². The fourth-order valence-electron chi connectivity index (χ4n) is 1.56. The van der Waals surface area contributed by atoms with Gasteiger partial charge in [0.1, 0.15) is 5.75 Å². The summed E-state index contributed by atoms with van der Waals surface area (Å²) in [6.07, 6.45) is 0. The highest BCUT2D eigenvalue weighted by molar-refractivity contribution is 5.33. The van der Waals surface area contributed by atoms with Gasteiger partial charge in [-0.3, -0.25) is 0 Å². The topological polar surface area (TPSA) is 78.4 Å². The molecule has 0 aliphatic heterocycles. The van der Waals surface area contributed by atoms with Crippen molar-refractivity contribution in [1.29, 1.82) is 0 Å². The zero-order valence-electron chi connectivity index (χ0n) is 11.6. The van der Waals surface area contributed by atoms with Gasteiger partial charge >= 0.3 is 12.0 Å². The minimum Gasteiger partial charge on any atom is -0.497 e. The van der Waals surface area contributed by atoms with Gasteiger partial charge in [0.05, 0.1) is 21.3 Å². The molecule has 2 aromatic rings. The third-order valence-corrected chi connectivity index (χ3v) is 2.54. The Balaban J connectivity index is 2.09. The molecule has 106 valence electrons. The molecule has 0 amide bonds. The second kappa shape index (κ2) is 6.55. The Morgan fingerprint density at radius 2 is 1.65 bits per heavy atom. The van der Waals surface area contributed by atoms with E-state index in [-0.39, 0.29) is 12.0 Å². The second-order valence-electron chi connectivity index (χ2n) is 3.84. The van der Waals surface area contributed by atoms with Crippen molar-refractivity contribution < 1.29 is 14.2 Å². The van der Waals surface area contributed by atoms with Crippen LogP contribution in [0.1, 0.15) is 5.56 Å². The molecule has 0 radical (unpaired) electrons. The summed E-state index contributed by atoms with van der Waals surface area (Å²) in [6, 6.07) is 8.12. The fourth-order valence-corrected chi connectivity index (χ4v) is 1.56. The monoisotopic (exact) mass is 276 g/mol. The molecule has 0 fully saturated rings. The van der Waals surface area contributed by atoms with Gasteiger partial charge in [0, 0.05) is 6.54 Å². The third-order valence-electron chi connectivity index (χ3n) is 2.54. The van der Waals surface area contributed by atoms with E-state index in [2.05, 4.69) is 20.3 Å². The number of benzene rings is 1. The quantitative estimate of drug-likeness (QED) is 0.856. The number of aromatic nitrogens is 3. The highest BCUT2D eigenvalue weighted by Gasteiger charge is 2.06. The van der Waals surface area contributed by atoms with Crippen molar-refractivity contribution >= 4 is 5.95 Å². The van der Waals surface area contributed by atoms with E-state index in [1.165, 1.54) is 14.2 Å². The molecular weight excluding hydrogens is 260 g/mol. The molecule has 2 rings (SSSR count). The Morgan fingerprint density at radius 3 is 2.25 bits per heavy atom. The van der Waals surface area contributed by atoms with Crippen molar-refractivity contribution in [3.05, 3.63) is 29.8 Å². The Bertz CT molecular complexity index is 555. The maximum Gasteiger partial charge on any atom is 0.324 e. The average molecular weight is 276 g/mol. The van der Waals surface area contributed by atoms with E-state index in [0.29, 0.717) is 12.5 Å². The molecule has 1 heterocycles. The minimum absolute atomic E-state index is 0.199. The number of hydrogen-bond donors (Lipinski definition) is 1. The van der Waals surface area contributed by atoms with Gasteiger partial charge in [-0.05, 0) is 17.7 Å². The number of hydrogen-bond acceptors (Lipinski definition) is 7. The first-order valence-corrected chi connectivity index (χ1v) is 5.96. The molecule has 1 aromatic heterocycles. The Labute approximate surface area is 116 Å². The van der Waals surface area contributed by atoms with Crippen LogP contribution in [0.3, 0.4) is 0 Å². The molecule has 0 saturated carbocycles. The van der Waals surface area contributed by atoms with E-state index in [4.69, 9.17) is 14.2 Å². The van der Waals surface area contributed by atoms with Gasteiger partial charge in [0.25, 0.3) is 0 Å². The SMILES string of the molecule is COc1cccc(CNc2nc(OC)nc(OC)n2)c1. The molecule has 0 saturated heterocycles. The molecular formula is C13H16N4O3. The first-order valence-electron chi connectivity index (χ1n) is 5.96. The van der Waals surface area contributed by atoms with Crippen molar-refractivity contribution in [3.63, 3.8) is 0 Å². The lowest BCUT2D eigenvalue weighted by Crippen LogP contribution is -2.07. The third kappa shape index (κ3) is 3.47. The minimum atomic E-state index is 0.199. The summed E-state index contributed by atoms with van der Waals surface area (Å²) in [7, 11) is 4.61. The van der Waals surface area contributed by atoms with Gasteiger partial charge in [-0.2, -0.15) is 9.97 Å². The second-order valence-corrected chi connectivity index (χ2v) is 3.84. The summed E-state index contributed by atoms with van der Waals surface area (Å²) < 4.78 is 15.1. The largest absolute Gasteiger partial charge is 0.497 e. The van der Waals surface area contributed by atoms with Crippen LogP contribution in [0.2, 0.25) is 0 Å². The Hall–Kier alpha value is -2.57. The van der Waals surface area contributed by atoms with Crippen molar-refractivity contribution in [1.82, 2.24) is 15.0 Å². The first-order chi connectivity index (χ1) is 9.75.